The predicted molar refractivity (Wildman–Crippen MR) is 98.6 cm³/mol. The van der Waals surface area contributed by atoms with Crippen LogP contribution in [0.5, 0.6) is 17.2 Å². The minimum atomic E-state index is -0.758. The van der Waals surface area contributed by atoms with Crippen LogP contribution in [0, 0.1) is 0 Å². The van der Waals surface area contributed by atoms with Gasteiger partial charge in [-0.25, -0.2) is 4.79 Å². The fourth-order valence-corrected chi connectivity index (χ4v) is 2.74. The summed E-state index contributed by atoms with van der Waals surface area (Å²) < 4.78 is 21.8. The largest absolute Gasteiger partial charge is 0.486 e. The van der Waals surface area contributed by atoms with Crippen molar-refractivity contribution in [1.82, 2.24) is 0 Å². The van der Waals surface area contributed by atoms with E-state index in [0.29, 0.717) is 41.7 Å². The molecule has 1 atom stereocenters. The predicted octanol–water partition coefficient (Wildman–Crippen LogP) is 2.97. The molecule has 0 saturated carbocycles. The van der Waals surface area contributed by atoms with E-state index in [1.165, 1.54) is 6.07 Å². The fourth-order valence-electron chi connectivity index (χ4n) is 2.74. The Morgan fingerprint density at radius 2 is 1.81 bits per heavy atom. The van der Waals surface area contributed by atoms with Gasteiger partial charge in [-0.15, -0.1) is 0 Å². The molecule has 1 N–H and O–H groups in total. The third kappa shape index (κ3) is 3.72. The molecule has 1 aromatic heterocycles. The Bertz CT molecular complexity index is 1060. The highest BCUT2D eigenvalue weighted by Crippen LogP contribution is 2.32. The number of hydrogen-bond acceptors (Lipinski definition) is 6. The standard InChI is InChI=1S/C20H17NO6/c1-12(26-15-5-2-13-3-7-19(22)27-17(13)11-15)20(23)21-14-4-6-16-18(10-14)25-9-8-24-16/h2-7,10-12H,8-9H2,1H3,(H,21,23)/t12-/m1/s1. The molecule has 0 aliphatic carbocycles. The molecule has 1 amide bonds. The summed E-state index contributed by atoms with van der Waals surface area (Å²) in [5.41, 5.74) is 0.549. The summed E-state index contributed by atoms with van der Waals surface area (Å²) in [5, 5.41) is 3.56. The molecule has 0 fully saturated rings. The maximum atomic E-state index is 12.4. The van der Waals surface area contributed by atoms with Crippen molar-refractivity contribution in [3.8, 4) is 17.2 Å². The number of hydrogen-bond donors (Lipinski definition) is 1. The molecule has 7 heteroatoms. The Morgan fingerprint density at radius 3 is 2.67 bits per heavy atom. The van der Waals surface area contributed by atoms with Gasteiger partial charge in [-0.05, 0) is 37.3 Å². The second-order valence-electron chi connectivity index (χ2n) is 6.06. The number of benzene rings is 2. The fraction of sp³-hybridized carbons (Fsp3) is 0.200. The summed E-state index contributed by atoms with van der Waals surface area (Å²) in [6, 6.07) is 13.3. The number of nitrogens with one attached hydrogen (secondary N) is 1. The van der Waals surface area contributed by atoms with E-state index in [9.17, 15) is 9.59 Å². The maximum absolute atomic E-state index is 12.4. The number of amides is 1. The molecular formula is C20H17NO6. The lowest BCUT2D eigenvalue weighted by molar-refractivity contribution is -0.122. The lowest BCUT2D eigenvalue weighted by Crippen LogP contribution is -2.30. The van der Waals surface area contributed by atoms with E-state index in [0.717, 1.165) is 5.39 Å². The van der Waals surface area contributed by atoms with Gasteiger partial charge in [0.05, 0.1) is 0 Å². The summed E-state index contributed by atoms with van der Waals surface area (Å²) in [5.74, 6) is 1.36. The molecule has 1 aliphatic heterocycles. The molecule has 0 radical (unpaired) electrons. The molecule has 138 valence electrons. The number of rotatable bonds is 4. The van der Waals surface area contributed by atoms with E-state index in [4.69, 9.17) is 18.6 Å². The van der Waals surface area contributed by atoms with Gasteiger partial charge in [-0.1, -0.05) is 0 Å². The SMILES string of the molecule is C[C@@H](Oc1ccc2ccc(=O)oc2c1)C(=O)Nc1ccc2c(c1)OCCO2. The average Bonchev–Trinajstić information content (AvgIpc) is 2.67. The summed E-state index contributed by atoms with van der Waals surface area (Å²) >= 11 is 0. The van der Waals surface area contributed by atoms with Crippen LogP contribution in [0.1, 0.15) is 6.92 Å². The molecule has 0 spiro atoms. The van der Waals surface area contributed by atoms with E-state index in [-0.39, 0.29) is 5.91 Å². The molecule has 0 saturated heterocycles. The molecule has 7 nitrogen and oxygen atoms in total. The van der Waals surface area contributed by atoms with E-state index in [1.807, 2.05) is 0 Å². The Labute approximate surface area is 154 Å². The van der Waals surface area contributed by atoms with Crippen LogP contribution in [0.15, 0.2) is 57.7 Å². The minimum absolute atomic E-state index is 0.318. The molecule has 2 aromatic carbocycles. The van der Waals surface area contributed by atoms with Crippen molar-refractivity contribution >= 4 is 22.6 Å². The number of anilines is 1. The van der Waals surface area contributed by atoms with Gasteiger partial charge in [0.25, 0.3) is 5.91 Å². The third-order valence-corrected chi connectivity index (χ3v) is 4.09. The summed E-state index contributed by atoms with van der Waals surface area (Å²) in [7, 11) is 0. The van der Waals surface area contributed by atoms with Crippen LogP contribution in [0.4, 0.5) is 5.69 Å². The van der Waals surface area contributed by atoms with Crippen LogP contribution in [-0.2, 0) is 4.79 Å². The Kier molecular flexibility index (Phi) is 4.42. The molecule has 0 bridgehead atoms. The molecule has 1 aliphatic rings. The topological polar surface area (TPSA) is 87.0 Å². The Balaban J connectivity index is 1.45. The number of carbonyl (C=O) groups excluding carboxylic acids is 1. The van der Waals surface area contributed by atoms with E-state index >= 15 is 0 Å². The van der Waals surface area contributed by atoms with Gasteiger partial charge in [0.1, 0.15) is 24.5 Å². The molecule has 2 heterocycles. The van der Waals surface area contributed by atoms with Crippen molar-refractivity contribution in [1.29, 1.82) is 0 Å². The molecule has 0 unspecified atom stereocenters. The number of carbonyl (C=O) groups is 1. The zero-order valence-corrected chi connectivity index (χ0v) is 14.6. The lowest BCUT2D eigenvalue weighted by Gasteiger charge is -2.19. The maximum Gasteiger partial charge on any atom is 0.336 e. The summed E-state index contributed by atoms with van der Waals surface area (Å²) in [4.78, 5) is 23.8. The van der Waals surface area contributed by atoms with Crippen molar-refractivity contribution < 1.29 is 23.4 Å². The van der Waals surface area contributed by atoms with Gasteiger partial charge in [-0.2, -0.15) is 0 Å². The molecule has 4 rings (SSSR count). The summed E-state index contributed by atoms with van der Waals surface area (Å²) in [6.07, 6.45) is -0.758. The van der Waals surface area contributed by atoms with Gasteiger partial charge in [-0.3, -0.25) is 4.79 Å². The highest BCUT2D eigenvalue weighted by atomic mass is 16.6. The monoisotopic (exact) mass is 367 g/mol. The lowest BCUT2D eigenvalue weighted by atomic mass is 10.2. The highest BCUT2D eigenvalue weighted by Gasteiger charge is 2.17. The number of fused-ring (bicyclic) bond motifs is 2. The third-order valence-electron chi connectivity index (χ3n) is 4.09. The van der Waals surface area contributed by atoms with Crippen molar-refractivity contribution in [2.24, 2.45) is 0 Å². The highest BCUT2D eigenvalue weighted by molar-refractivity contribution is 5.94. The van der Waals surface area contributed by atoms with E-state index in [2.05, 4.69) is 5.32 Å². The van der Waals surface area contributed by atoms with Gasteiger partial charge >= 0.3 is 5.63 Å². The summed E-state index contributed by atoms with van der Waals surface area (Å²) in [6.45, 7) is 2.62. The van der Waals surface area contributed by atoms with Crippen LogP contribution in [0.2, 0.25) is 0 Å². The first-order valence-corrected chi connectivity index (χ1v) is 8.49. The van der Waals surface area contributed by atoms with Gasteiger partial charge in [0.2, 0.25) is 0 Å². The quantitative estimate of drug-likeness (QED) is 0.714. The van der Waals surface area contributed by atoms with Crippen molar-refractivity contribution in [3.63, 3.8) is 0 Å². The van der Waals surface area contributed by atoms with Crippen molar-refractivity contribution in [2.45, 2.75) is 13.0 Å². The number of ether oxygens (including phenoxy) is 3. The van der Waals surface area contributed by atoms with Crippen molar-refractivity contribution in [3.05, 3.63) is 59.0 Å². The smallest absolute Gasteiger partial charge is 0.336 e. The second kappa shape index (κ2) is 7.03. The molecular weight excluding hydrogens is 350 g/mol. The van der Waals surface area contributed by atoms with Gasteiger partial charge < -0.3 is 23.9 Å². The van der Waals surface area contributed by atoms with E-state index in [1.54, 1.807) is 49.4 Å². The Morgan fingerprint density at radius 1 is 1.04 bits per heavy atom. The second-order valence-corrected chi connectivity index (χ2v) is 6.06. The van der Waals surface area contributed by atoms with Crippen LogP contribution in [0.25, 0.3) is 11.0 Å². The van der Waals surface area contributed by atoms with Crippen LogP contribution in [-0.4, -0.2) is 25.2 Å². The Hall–Kier alpha value is -3.48. The zero-order valence-electron chi connectivity index (χ0n) is 14.6. The van der Waals surface area contributed by atoms with Crippen LogP contribution in [0.3, 0.4) is 0 Å². The minimum Gasteiger partial charge on any atom is -0.486 e. The van der Waals surface area contributed by atoms with Crippen LogP contribution < -0.4 is 25.2 Å². The van der Waals surface area contributed by atoms with Crippen LogP contribution >= 0.6 is 0 Å². The zero-order chi connectivity index (χ0) is 18.8. The van der Waals surface area contributed by atoms with Crippen molar-refractivity contribution in [2.75, 3.05) is 18.5 Å². The first kappa shape index (κ1) is 17.0. The molecule has 3 aromatic rings. The van der Waals surface area contributed by atoms with Gasteiger partial charge in [0, 0.05) is 29.3 Å². The first-order valence-electron chi connectivity index (χ1n) is 8.49. The van der Waals surface area contributed by atoms with Gasteiger partial charge in [0.15, 0.2) is 17.6 Å². The molecule has 27 heavy (non-hydrogen) atoms. The first-order chi connectivity index (χ1) is 13.1. The average molecular weight is 367 g/mol. The van der Waals surface area contributed by atoms with E-state index < -0.39 is 11.7 Å². The normalized spacial score (nSPS) is 13.8.